The average Bonchev–Trinajstić information content (AvgIpc) is 2.74. The average molecular weight is 256 g/mol. The van der Waals surface area contributed by atoms with Gasteiger partial charge < -0.3 is 10.1 Å². The van der Waals surface area contributed by atoms with Gasteiger partial charge in [0.05, 0.1) is 0 Å². The molecule has 0 aromatic carbocycles. The van der Waals surface area contributed by atoms with Crippen molar-refractivity contribution in [3.05, 3.63) is 18.0 Å². The second-order valence-electron chi connectivity index (χ2n) is 3.26. The molecule has 7 heteroatoms. The van der Waals surface area contributed by atoms with Gasteiger partial charge in [0, 0.05) is 19.2 Å². The minimum absolute atomic E-state index is 0.101. The van der Waals surface area contributed by atoms with Gasteiger partial charge in [0.25, 0.3) is 0 Å². The molecule has 1 aromatic heterocycles. The Labute approximate surface area is 99.1 Å². The number of nitrogens with one attached hydrogen (secondary N) is 2. The number of terminal acetylenes is 1. The van der Waals surface area contributed by atoms with Crippen molar-refractivity contribution in [1.29, 1.82) is 0 Å². The van der Waals surface area contributed by atoms with Gasteiger partial charge in [-0.15, -0.1) is 12.3 Å². The summed E-state index contributed by atoms with van der Waals surface area (Å²) in [6, 6.07) is 1.06. The standard InChI is InChI=1S/C10H12N2O4S/c1-2-3-4-5-12-17(15,16)8-6-9(10(13)14)11-7-8/h1,6-7,11-12H,3-5H2,(H,13,14). The fraction of sp³-hybridized carbons (Fsp3) is 0.300. The molecule has 1 aromatic rings. The van der Waals surface area contributed by atoms with Crippen LogP contribution in [0.4, 0.5) is 0 Å². The van der Waals surface area contributed by atoms with Gasteiger partial charge in [-0.1, -0.05) is 0 Å². The Morgan fingerprint density at radius 2 is 2.29 bits per heavy atom. The van der Waals surface area contributed by atoms with E-state index >= 15 is 0 Å². The molecular formula is C10H12N2O4S. The molecule has 0 radical (unpaired) electrons. The normalized spacial score (nSPS) is 11.0. The Morgan fingerprint density at radius 3 is 2.82 bits per heavy atom. The van der Waals surface area contributed by atoms with E-state index in [4.69, 9.17) is 11.5 Å². The smallest absolute Gasteiger partial charge is 0.352 e. The van der Waals surface area contributed by atoms with Crippen LogP contribution in [0, 0.1) is 12.3 Å². The van der Waals surface area contributed by atoms with Gasteiger partial charge in [-0.2, -0.15) is 0 Å². The summed E-state index contributed by atoms with van der Waals surface area (Å²) in [7, 11) is -3.67. The molecule has 0 fully saturated rings. The van der Waals surface area contributed by atoms with Crippen molar-refractivity contribution in [3.8, 4) is 12.3 Å². The molecule has 3 N–H and O–H groups in total. The van der Waals surface area contributed by atoms with E-state index < -0.39 is 16.0 Å². The van der Waals surface area contributed by atoms with Crippen LogP contribution in [0.1, 0.15) is 23.3 Å². The molecule has 17 heavy (non-hydrogen) atoms. The maximum atomic E-state index is 11.7. The van der Waals surface area contributed by atoms with Crippen LogP contribution in [0.2, 0.25) is 0 Å². The Hall–Kier alpha value is -1.78. The maximum Gasteiger partial charge on any atom is 0.352 e. The number of H-pyrrole nitrogens is 1. The molecule has 0 atom stereocenters. The van der Waals surface area contributed by atoms with Gasteiger partial charge in [-0.05, 0) is 12.5 Å². The maximum absolute atomic E-state index is 11.7. The minimum Gasteiger partial charge on any atom is -0.477 e. The molecule has 92 valence electrons. The molecule has 0 bridgehead atoms. The fourth-order valence-corrected chi connectivity index (χ4v) is 2.20. The van der Waals surface area contributed by atoms with Crippen molar-refractivity contribution in [2.24, 2.45) is 0 Å². The number of unbranched alkanes of at least 4 members (excludes halogenated alkanes) is 1. The van der Waals surface area contributed by atoms with E-state index in [9.17, 15) is 13.2 Å². The molecule has 0 aliphatic heterocycles. The first-order valence-corrected chi connectivity index (χ1v) is 6.30. The summed E-state index contributed by atoms with van der Waals surface area (Å²) in [6.45, 7) is 0.222. The summed E-state index contributed by atoms with van der Waals surface area (Å²) < 4.78 is 25.6. The van der Waals surface area contributed by atoms with E-state index in [1.165, 1.54) is 0 Å². The van der Waals surface area contributed by atoms with Crippen molar-refractivity contribution in [2.45, 2.75) is 17.7 Å². The van der Waals surface area contributed by atoms with E-state index in [0.29, 0.717) is 12.8 Å². The van der Waals surface area contributed by atoms with Crippen LogP contribution >= 0.6 is 0 Å². The predicted octanol–water partition coefficient (Wildman–Crippen LogP) is 0.405. The third-order valence-electron chi connectivity index (χ3n) is 1.99. The lowest BCUT2D eigenvalue weighted by atomic mass is 10.3. The highest BCUT2D eigenvalue weighted by Crippen LogP contribution is 2.10. The summed E-state index contributed by atoms with van der Waals surface area (Å²) in [5.41, 5.74) is -0.172. The molecule has 0 aliphatic rings. The third kappa shape index (κ3) is 3.62. The van der Waals surface area contributed by atoms with E-state index in [1.807, 2.05) is 0 Å². The molecule has 0 amide bonds. The quantitative estimate of drug-likeness (QED) is 0.507. The highest BCUT2D eigenvalue weighted by molar-refractivity contribution is 7.89. The monoisotopic (exact) mass is 256 g/mol. The number of hydrogen-bond acceptors (Lipinski definition) is 3. The van der Waals surface area contributed by atoms with Crippen LogP contribution in [0.3, 0.4) is 0 Å². The van der Waals surface area contributed by atoms with E-state index in [2.05, 4.69) is 15.6 Å². The zero-order chi connectivity index (χ0) is 12.9. The molecule has 1 heterocycles. The number of aromatic nitrogens is 1. The van der Waals surface area contributed by atoms with Crippen LogP contribution in [0.5, 0.6) is 0 Å². The van der Waals surface area contributed by atoms with Crippen LogP contribution in [0.15, 0.2) is 17.2 Å². The van der Waals surface area contributed by atoms with Crippen molar-refractivity contribution in [1.82, 2.24) is 9.71 Å². The van der Waals surface area contributed by atoms with Gasteiger partial charge in [0.15, 0.2) is 0 Å². The Morgan fingerprint density at radius 1 is 1.59 bits per heavy atom. The number of aromatic amines is 1. The minimum atomic E-state index is -3.67. The summed E-state index contributed by atoms with van der Waals surface area (Å²) in [5, 5.41) is 8.64. The van der Waals surface area contributed by atoms with Crippen molar-refractivity contribution >= 4 is 16.0 Å². The Bertz CT molecular complexity index is 539. The van der Waals surface area contributed by atoms with Gasteiger partial charge in [-0.3, -0.25) is 0 Å². The van der Waals surface area contributed by atoms with Crippen LogP contribution in [-0.2, 0) is 10.0 Å². The summed E-state index contributed by atoms with van der Waals surface area (Å²) in [4.78, 5) is 12.8. The number of sulfonamides is 1. The lowest BCUT2D eigenvalue weighted by Gasteiger charge is -2.02. The molecule has 0 saturated heterocycles. The number of rotatable bonds is 6. The number of carboxylic acid groups (broad SMARTS) is 1. The molecule has 0 aliphatic carbocycles. The molecule has 0 spiro atoms. The van der Waals surface area contributed by atoms with Crippen LogP contribution < -0.4 is 4.72 Å². The summed E-state index contributed by atoms with van der Waals surface area (Å²) in [5.74, 6) is 1.18. The highest BCUT2D eigenvalue weighted by Gasteiger charge is 2.17. The zero-order valence-corrected chi connectivity index (χ0v) is 9.75. The van der Waals surface area contributed by atoms with Crippen molar-refractivity contribution in [2.75, 3.05) is 6.54 Å². The number of hydrogen-bond donors (Lipinski definition) is 3. The largest absolute Gasteiger partial charge is 0.477 e. The lowest BCUT2D eigenvalue weighted by Crippen LogP contribution is -2.24. The van der Waals surface area contributed by atoms with Crippen LogP contribution in [-0.4, -0.2) is 31.0 Å². The topological polar surface area (TPSA) is 99.3 Å². The van der Waals surface area contributed by atoms with Gasteiger partial charge in [0.1, 0.15) is 10.6 Å². The van der Waals surface area contributed by atoms with Gasteiger partial charge >= 0.3 is 5.97 Å². The number of carboxylic acids is 1. The Balaban J connectivity index is 2.69. The predicted molar refractivity (Wildman–Crippen MR) is 61.0 cm³/mol. The Kier molecular flexibility index (Phi) is 4.31. The molecule has 0 saturated carbocycles. The molecule has 1 rings (SSSR count). The molecular weight excluding hydrogens is 244 g/mol. The van der Waals surface area contributed by atoms with E-state index in [-0.39, 0.29) is 17.1 Å². The first-order valence-electron chi connectivity index (χ1n) is 4.82. The van der Waals surface area contributed by atoms with Gasteiger partial charge in [-0.25, -0.2) is 17.9 Å². The van der Waals surface area contributed by atoms with Gasteiger partial charge in [0.2, 0.25) is 10.0 Å². The van der Waals surface area contributed by atoms with E-state index in [1.54, 1.807) is 0 Å². The van der Waals surface area contributed by atoms with Crippen LogP contribution in [0.25, 0.3) is 0 Å². The summed E-state index contributed by atoms with van der Waals surface area (Å²) in [6.07, 6.45) is 7.18. The lowest BCUT2D eigenvalue weighted by molar-refractivity contribution is 0.0691. The number of aromatic carboxylic acids is 1. The molecule has 0 unspecified atom stereocenters. The second-order valence-corrected chi connectivity index (χ2v) is 5.03. The second kappa shape index (κ2) is 5.52. The number of carbonyl (C=O) groups is 1. The SMILES string of the molecule is C#CCCCNS(=O)(=O)c1c[nH]c(C(=O)O)c1. The first kappa shape index (κ1) is 13.3. The summed E-state index contributed by atoms with van der Waals surface area (Å²) >= 11 is 0. The van der Waals surface area contributed by atoms with E-state index in [0.717, 1.165) is 12.3 Å². The zero-order valence-electron chi connectivity index (χ0n) is 8.93. The van der Waals surface area contributed by atoms with Crippen molar-refractivity contribution < 1.29 is 18.3 Å². The van der Waals surface area contributed by atoms with Crippen molar-refractivity contribution in [3.63, 3.8) is 0 Å². The molecule has 6 nitrogen and oxygen atoms in total. The third-order valence-corrected chi connectivity index (χ3v) is 3.43. The highest BCUT2D eigenvalue weighted by atomic mass is 32.2. The first-order chi connectivity index (χ1) is 7.97. The fourth-order valence-electron chi connectivity index (χ4n) is 1.13.